The number of aromatic nitrogens is 1. The average molecular weight is 361 g/mol. The summed E-state index contributed by atoms with van der Waals surface area (Å²) in [6.45, 7) is 5.55. The van der Waals surface area contributed by atoms with Gasteiger partial charge in [0.25, 0.3) is 0 Å². The molecular weight excluding hydrogens is 338 g/mol. The molecule has 1 fully saturated rings. The molecule has 1 aliphatic rings. The van der Waals surface area contributed by atoms with E-state index in [1.807, 2.05) is 12.3 Å². The van der Waals surface area contributed by atoms with Gasteiger partial charge in [-0.1, -0.05) is 13.8 Å². The predicted octanol–water partition coefficient (Wildman–Crippen LogP) is 4.28. The number of benzene rings is 1. The molecule has 0 spiro atoms. The number of hydrogen-bond donors (Lipinski definition) is 0. The van der Waals surface area contributed by atoms with Gasteiger partial charge in [-0.25, -0.2) is 9.78 Å². The zero-order valence-electron chi connectivity index (χ0n) is 14.8. The lowest BCUT2D eigenvalue weighted by atomic mass is 10.1. The van der Waals surface area contributed by atoms with Gasteiger partial charge >= 0.3 is 5.97 Å². The Morgan fingerprint density at radius 3 is 2.88 bits per heavy atom. The zero-order chi connectivity index (χ0) is 17.8. The number of hydrogen-bond acceptors (Lipinski definition) is 6. The third-order valence-electron chi connectivity index (χ3n) is 4.13. The molecule has 2 aromatic rings. The van der Waals surface area contributed by atoms with Crippen molar-refractivity contribution in [3.63, 3.8) is 0 Å². The molecule has 134 valence electrons. The number of nitrogens with zero attached hydrogens (tertiary/aromatic N) is 1. The topological polar surface area (TPSA) is 57.7 Å². The van der Waals surface area contributed by atoms with Crippen LogP contribution in [0.5, 0.6) is 5.75 Å². The average Bonchev–Trinajstić information content (AvgIpc) is 3.30. The van der Waals surface area contributed by atoms with Crippen LogP contribution in [0.3, 0.4) is 0 Å². The van der Waals surface area contributed by atoms with Gasteiger partial charge in [0, 0.05) is 23.2 Å². The SMILES string of the molecule is COC(=O)c1cc(OC[C@@H]2CCCO2)cc(-c2ncc(C(C)C)s2)c1. The second-order valence-corrected chi connectivity index (χ2v) is 7.47. The highest BCUT2D eigenvalue weighted by Crippen LogP contribution is 2.32. The maximum Gasteiger partial charge on any atom is 0.338 e. The molecule has 0 radical (unpaired) electrons. The molecule has 2 heterocycles. The summed E-state index contributed by atoms with van der Waals surface area (Å²) in [6, 6.07) is 5.43. The summed E-state index contributed by atoms with van der Waals surface area (Å²) in [5, 5.41) is 0.872. The predicted molar refractivity (Wildman–Crippen MR) is 97.4 cm³/mol. The van der Waals surface area contributed by atoms with Crippen LogP contribution in [0.2, 0.25) is 0 Å². The number of carbonyl (C=O) groups excluding carboxylic acids is 1. The Morgan fingerprint density at radius 2 is 2.24 bits per heavy atom. The standard InChI is InChI=1S/C19H23NO4S/c1-12(2)17-10-20-18(25-17)13-7-14(19(21)22-3)9-16(8-13)24-11-15-5-4-6-23-15/h7-10,12,15H,4-6,11H2,1-3H3/t15-/m0/s1. The summed E-state index contributed by atoms with van der Waals surface area (Å²) < 4.78 is 16.3. The Morgan fingerprint density at radius 1 is 1.40 bits per heavy atom. The number of carbonyl (C=O) groups is 1. The fourth-order valence-electron chi connectivity index (χ4n) is 2.69. The van der Waals surface area contributed by atoms with Gasteiger partial charge in [0.05, 0.1) is 18.8 Å². The van der Waals surface area contributed by atoms with Crippen molar-refractivity contribution in [2.24, 2.45) is 0 Å². The van der Waals surface area contributed by atoms with Crippen LogP contribution in [0, 0.1) is 0 Å². The molecule has 1 atom stereocenters. The fourth-order valence-corrected chi connectivity index (χ4v) is 3.60. The summed E-state index contributed by atoms with van der Waals surface area (Å²) in [5.41, 5.74) is 1.32. The second kappa shape index (κ2) is 7.97. The third kappa shape index (κ3) is 4.38. The maximum atomic E-state index is 12.0. The Kier molecular flexibility index (Phi) is 5.71. The lowest BCUT2D eigenvalue weighted by Gasteiger charge is -2.13. The van der Waals surface area contributed by atoms with E-state index >= 15 is 0 Å². The molecule has 5 nitrogen and oxygen atoms in total. The highest BCUT2D eigenvalue weighted by atomic mass is 32.1. The molecule has 0 unspecified atom stereocenters. The number of methoxy groups -OCH3 is 1. The largest absolute Gasteiger partial charge is 0.491 e. The smallest absolute Gasteiger partial charge is 0.338 e. The van der Waals surface area contributed by atoms with Gasteiger partial charge in [-0.05, 0) is 37.0 Å². The van der Waals surface area contributed by atoms with Crippen LogP contribution in [0.25, 0.3) is 10.6 Å². The second-order valence-electron chi connectivity index (χ2n) is 6.41. The van der Waals surface area contributed by atoms with Crippen molar-refractivity contribution < 1.29 is 19.0 Å². The summed E-state index contributed by atoms with van der Waals surface area (Å²) in [4.78, 5) is 17.7. The Labute approximate surface area is 151 Å². The van der Waals surface area contributed by atoms with E-state index in [0.29, 0.717) is 23.8 Å². The first-order chi connectivity index (χ1) is 12.1. The van der Waals surface area contributed by atoms with Crippen molar-refractivity contribution >= 4 is 17.3 Å². The van der Waals surface area contributed by atoms with Crippen LogP contribution in [0.4, 0.5) is 0 Å². The van der Waals surface area contributed by atoms with E-state index < -0.39 is 0 Å². The molecule has 1 aromatic carbocycles. The third-order valence-corrected chi connectivity index (χ3v) is 5.47. The van der Waals surface area contributed by atoms with E-state index in [2.05, 4.69) is 18.8 Å². The minimum absolute atomic E-state index is 0.123. The fraction of sp³-hybridized carbons (Fsp3) is 0.474. The van der Waals surface area contributed by atoms with Crippen LogP contribution in [0.1, 0.15) is 47.8 Å². The first-order valence-electron chi connectivity index (χ1n) is 8.50. The molecule has 1 aliphatic heterocycles. The van der Waals surface area contributed by atoms with Gasteiger partial charge in [-0.3, -0.25) is 0 Å². The van der Waals surface area contributed by atoms with Crippen molar-refractivity contribution in [1.82, 2.24) is 4.98 Å². The van der Waals surface area contributed by atoms with E-state index in [0.717, 1.165) is 30.0 Å². The molecule has 3 rings (SSSR count). The number of thiazole rings is 1. The van der Waals surface area contributed by atoms with Gasteiger partial charge < -0.3 is 14.2 Å². The van der Waals surface area contributed by atoms with Crippen molar-refractivity contribution in [2.45, 2.75) is 38.7 Å². The van der Waals surface area contributed by atoms with Crippen LogP contribution in [0.15, 0.2) is 24.4 Å². The summed E-state index contributed by atoms with van der Waals surface area (Å²) in [5.74, 6) is 0.671. The molecule has 25 heavy (non-hydrogen) atoms. The van der Waals surface area contributed by atoms with E-state index in [4.69, 9.17) is 14.2 Å². The molecule has 1 aromatic heterocycles. The van der Waals surface area contributed by atoms with Gasteiger partial charge in [-0.15, -0.1) is 11.3 Å². The van der Waals surface area contributed by atoms with Crippen molar-refractivity contribution in [1.29, 1.82) is 0 Å². The van der Waals surface area contributed by atoms with Crippen molar-refractivity contribution in [3.8, 4) is 16.3 Å². The Balaban J connectivity index is 1.87. The molecule has 0 aliphatic carbocycles. The number of ether oxygens (including phenoxy) is 3. The molecule has 0 amide bonds. The zero-order valence-corrected chi connectivity index (χ0v) is 15.6. The van der Waals surface area contributed by atoms with E-state index in [9.17, 15) is 4.79 Å². The molecular formula is C19H23NO4S. The first kappa shape index (κ1) is 17.9. The maximum absolute atomic E-state index is 12.0. The Bertz CT molecular complexity index is 735. The minimum Gasteiger partial charge on any atom is -0.491 e. The molecule has 0 N–H and O–H groups in total. The first-order valence-corrected chi connectivity index (χ1v) is 9.32. The van der Waals surface area contributed by atoms with E-state index in [1.54, 1.807) is 23.5 Å². The van der Waals surface area contributed by atoms with Gasteiger partial charge in [0.15, 0.2) is 0 Å². The molecule has 0 saturated carbocycles. The normalized spacial score (nSPS) is 17.0. The van der Waals surface area contributed by atoms with E-state index in [-0.39, 0.29) is 12.1 Å². The number of rotatable bonds is 6. The van der Waals surface area contributed by atoms with Crippen LogP contribution in [-0.4, -0.2) is 37.4 Å². The van der Waals surface area contributed by atoms with Gasteiger partial charge in [0.2, 0.25) is 0 Å². The highest BCUT2D eigenvalue weighted by molar-refractivity contribution is 7.15. The Hall–Kier alpha value is -1.92. The summed E-state index contributed by atoms with van der Waals surface area (Å²) in [6.07, 6.45) is 4.09. The van der Waals surface area contributed by atoms with Crippen molar-refractivity contribution in [2.75, 3.05) is 20.3 Å². The van der Waals surface area contributed by atoms with E-state index in [1.165, 1.54) is 12.0 Å². The lowest BCUT2D eigenvalue weighted by Crippen LogP contribution is -2.16. The minimum atomic E-state index is -0.385. The molecule has 1 saturated heterocycles. The van der Waals surface area contributed by atoms with Crippen molar-refractivity contribution in [3.05, 3.63) is 34.8 Å². The monoisotopic (exact) mass is 361 g/mol. The van der Waals surface area contributed by atoms with Crippen LogP contribution < -0.4 is 4.74 Å². The lowest BCUT2D eigenvalue weighted by molar-refractivity contribution is 0.0598. The summed E-state index contributed by atoms with van der Waals surface area (Å²) in [7, 11) is 1.38. The van der Waals surface area contributed by atoms with Gasteiger partial charge in [-0.2, -0.15) is 0 Å². The molecule has 6 heteroatoms. The summed E-state index contributed by atoms with van der Waals surface area (Å²) >= 11 is 1.63. The van der Waals surface area contributed by atoms with Crippen LogP contribution in [-0.2, 0) is 9.47 Å². The van der Waals surface area contributed by atoms with Gasteiger partial charge in [0.1, 0.15) is 17.4 Å². The number of esters is 1. The van der Waals surface area contributed by atoms with Crippen LogP contribution >= 0.6 is 11.3 Å². The molecule has 0 bridgehead atoms. The highest BCUT2D eigenvalue weighted by Gasteiger charge is 2.18. The quantitative estimate of drug-likeness (QED) is 0.719.